The molecule has 0 amide bonds. The summed E-state index contributed by atoms with van der Waals surface area (Å²) in [6.07, 6.45) is 2.97. The Morgan fingerprint density at radius 3 is 3.11 bits per heavy atom. The third-order valence-corrected chi connectivity index (χ3v) is 4.50. The quantitative estimate of drug-likeness (QED) is 0.760. The Bertz CT molecular complexity index is 465. The Hall–Kier alpha value is -0.835. The number of hydrogen-bond acceptors (Lipinski definition) is 3. The van der Waals surface area contributed by atoms with Gasteiger partial charge in [-0.05, 0) is 35.6 Å². The molecule has 0 radical (unpaired) electrons. The van der Waals surface area contributed by atoms with Crippen LogP contribution in [0.5, 0.6) is 0 Å². The van der Waals surface area contributed by atoms with Gasteiger partial charge in [0.15, 0.2) is 0 Å². The van der Waals surface area contributed by atoms with Crippen molar-refractivity contribution in [2.45, 2.75) is 32.2 Å². The van der Waals surface area contributed by atoms with Gasteiger partial charge in [-0.3, -0.25) is 0 Å². The minimum absolute atomic E-state index is 0.0333. The second-order valence-corrected chi connectivity index (χ2v) is 5.94. The van der Waals surface area contributed by atoms with Crippen LogP contribution in [0.25, 0.3) is 0 Å². The Morgan fingerprint density at radius 1 is 1.56 bits per heavy atom. The lowest BCUT2D eigenvalue weighted by molar-refractivity contribution is 0.142. The summed E-state index contributed by atoms with van der Waals surface area (Å²) in [5.74, 6) is 0. The van der Waals surface area contributed by atoms with E-state index in [0.717, 1.165) is 19.2 Å². The van der Waals surface area contributed by atoms with Crippen molar-refractivity contribution in [3.63, 3.8) is 0 Å². The summed E-state index contributed by atoms with van der Waals surface area (Å²) in [7, 11) is 0. The van der Waals surface area contributed by atoms with Crippen molar-refractivity contribution in [3.05, 3.63) is 29.3 Å². The molecule has 0 aliphatic carbocycles. The standard InChI is InChI=1S/C14H20BNO2/c1-14(9-17)6-5-10-3-2-4-11-12(7-16)18-15(8-14)13(10)11/h2-4,12,17H,5-9,16H2,1H3. The predicted molar refractivity (Wildman–Crippen MR) is 73.0 cm³/mol. The smallest absolute Gasteiger partial charge is 0.328 e. The first-order valence-corrected chi connectivity index (χ1v) is 6.75. The molecule has 2 atom stereocenters. The van der Waals surface area contributed by atoms with Crippen molar-refractivity contribution in [2.75, 3.05) is 13.2 Å². The number of benzene rings is 1. The maximum atomic E-state index is 9.63. The number of hydrogen-bond donors (Lipinski definition) is 2. The van der Waals surface area contributed by atoms with E-state index in [1.54, 1.807) is 0 Å². The first-order valence-electron chi connectivity index (χ1n) is 6.75. The SMILES string of the molecule is CC1(CO)CCc2cccc3c2B(C1)OC3CN. The van der Waals surface area contributed by atoms with Crippen LogP contribution in [0, 0.1) is 5.41 Å². The molecule has 3 nitrogen and oxygen atoms in total. The van der Waals surface area contributed by atoms with Crippen molar-refractivity contribution >= 4 is 12.4 Å². The summed E-state index contributed by atoms with van der Waals surface area (Å²) in [5, 5.41) is 9.63. The third-order valence-electron chi connectivity index (χ3n) is 4.50. The van der Waals surface area contributed by atoms with Gasteiger partial charge in [0.25, 0.3) is 0 Å². The van der Waals surface area contributed by atoms with Gasteiger partial charge < -0.3 is 15.5 Å². The summed E-state index contributed by atoms with van der Waals surface area (Å²) in [6, 6.07) is 6.43. The largest absolute Gasteiger partial charge is 0.423 e. The van der Waals surface area contributed by atoms with E-state index in [0.29, 0.717) is 6.54 Å². The van der Waals surface area contributed by atoms with Crippen molar-refractivity contribution < 1.29 is 9.76 Å². The fourth-order valence-electron chi connectivity index (χ4n) is 3.33. The molecule has 2 unspecified atom stereocenters. The molecule has 0 saturated heterocycles. The molecule has 2 heterocycles. The molecule has 0 spiro atoms. The van der Waals surface area contributed by atoms with E-state index in [1.807, 2.05) is 0 Å². The van der Waals surface area contributed by atoms with Crippen molar-refractivity contribution in [2.24, 2.45) is 11.1 Å². The van der Waals surface area contributed by atoms with E-state index in [4.69, 9.17) is 10.4 Å². The first-order chi connectivity index (χ1) is 8.67. The third kappa shape index (κ3) is 1.80. The lowest BCUT2D eigenvalue weighted by Crippen LogP contribution is -2.35. The van der Waals surface area contributed by atoms with Crippen LogP contribution in [-0.4, -0.2) is 25.2 Å². The van der Waals surface area contributed by atoms with Gasteiger partial charge in [0.2, 0.25) is 0 Å². The monoisotopic (exact) mass is 245 g/mol. The highest BCUT2D eigenvalue weighted by Gasteiger charge is 2.43. The van der Waals surface area contributed by atoms with Crippen LogP contribution in [0.4, 0.5) is 0 Å². The van der Waals surface area contributed by atoms with Crippen LogP contribution in [0.3, 0.4) is 0 Å². The summed E-state index contributed by atoms with van der Waals surface area (Å²) in [4.78, 5) is 0. The van der Waals surface area contributed by atoms with E-state index in [-0.39, 0.29) is 25.0 Å². The second-order valence-electron chi connectivity index (χ2n) is 5.94. The van der Waals surface area contributed by atoms with Crippen LogP contribution < -0.4 is 11.2 Å². The number of nitrogens with two attached hydrogens (primary N) is 1. The molecule has 3 rings (SSSR count). The molecule has 0 bridgehead atoms. The summed E-state index contributed by atoms with van der Waals surface area (Å²) in [5.41, 5.74) is 9.76. The maximum absolute atomic E-state index is 9.63. The number of aryl methyl sites for hydroxylation is 1. The van der Waals surface area contributed by atoms with E-state index >= 15 is 0 Å². The van der Waals surface area contributed by atoms with E-state index < -0.39 is 0 Å². The van der Waals surface area contributed by atoms with Gasteiger partial charge >= 0.3 is 6.92 Å². The average Bonchev–Trinajstić information content (AvgIpc) is 2.67. The lowest BCUT2D eigenvalue weighted by Gasteiger charge is -2.27. The summed E-state index contributed by atoms with van der Waals surface area (Å²) >= 11 is 0. The highest BCUT2D eigenvalue weighted by Crippen LogP contribution is 2.37. The molecular formula is C14H20BNO2. The minimum Gasteiger partial charge on any atom is -0.423 e. The Kier molecular flexibility index (Phi) is 2.97. The fourth-order valence-corrected chi connectivity index (χ4v) is 3.33. The highest BCUT2D eigenvalue weighted by molar-refractivity contribution is 6.69. The molecule has 18 heavy (non-hydrogen) atoms. The fraction of sp³-hybridized carbons (Fsp3) is 0.571. The Balaban J connectivity index is 2.04. The van der Waals surface area contributed by atoms with Gasteiger partial charge in [0, 0.05) is 13.2 Å². The highest BCUT2D eigenvalue weighted by atomic mass is 16.5. The number of aliphatic hydroxyl groups excluding tert-OH is 1. The summed E-state index contributed by atoms with van der Waals surface area (Å²) < 4.78 is 6.10. The zero-order valence-corrected chi connectivity index (χ0v) is 10.9. The normalized spacial score (nSPS) is 30.2. The lowest BCUT2D eigenvalue weighted by atomic mass is 9.53. The van der Waals surface area contributed by atoms with E-state index in [1.165, 1.54) is 16.6 Å². The minimum atomic E-state index is -0.0373. The molecule has 4 heteroatoms. The van der Waals surface area contributed by atoms with Gasteiger partial charge in [0.05, 0.1) is 6.10 Å². The Morgan fingerprint density at radius 2 is 2.39 bits per heavy atom. The first kappa shape index (κ1) is 12.2. The zero-order valence-electron chi connectivity index (χ0n) is 10.9. The van der Waals surface area contributed by atoms with Crippen molar-refractivity contribution in [3.8, 4) is 0 Å². The molecule has 3 N–H and O–H groups in total. The molecule has 96 valence electrons. The van der Waals surface area contributed by atoms with E-state index in [9.17, 15) is 5.11 Å². The van der Waals surface area contributed by atoms with Crippen molar-refractivity contribution in [1.82, 2.24) is 0 Å². The van der Waals surface area contributed by atoms with Gasteiger partial charge in [-0.2, -0.15) is 0 Å². The molecule has 2 aliphatic rings. The van der Waals surface area contributed by atoms with Gasteiger partial charge in [-0.1, -0.05) is 30.7 Å². The van der Waals surface area contributed by atoms with Crippen molar-refractivity contribution in [1.29, 1.82) is 0 Å². The molecule has 2 aliphatic heterocycles. The molecule has 0 fully saturated rings. The number of rotatable bonds is 2. The van der Waals surface area contributed by atoms with Crippen LogP contribution >= 0.6 is 0 Å². The average molecular weight is 245 g/mol. The number of aliphatic hydroxyl groups is 1. The maximum Gasteiger partial charge on any atom is 0.328 e. The molecular weight excluding hydrogens is 225 g/mol. The topological polar surface area (TPSA) is 55.5 Å². The van der Waals surface area contributed by atoms with Crippen LogP contribution in [0.2, 0.25) is 6.32 Å². The zero-order chi connectivity index (χ0) is 12.8. The van der Waals surface area contributed by atoms with Crippen LogP contribution in [-0.2, 0) is 11.1 Å². The van der Waals surface area contributed by atoms with Gasteiger partial charge in [-0.15, -0.1) is 0 Å². The summed E-state index contributed by atoms with van der Waals surface area (Å²) in [6.45, 7) is 3.02. The van der Waals surface area contributed by atoms with E-state index in [2.05, 4.69) is 25.1 Å². The predicted octanol–water partition coefficient (Wildman–Crippen LogP) is 0.860. The van der Waals surface area contributed by atoms with Gasteiger partial charge in [-0.25, -0.2) is 0 Å². The molecule has 0 saturated carbocycles. The van der Waals surface area contributed by atoms with Crippen LogP contribution in [0.1, 0.15) is 30.6 Å². The molecule has 1 aromatic rings. The second kappa shape index (κ2) is 4.37. The Labute approximate surface area is 108 Å². The molecule has 1 aromatic carbocycles. The molecule has 0 aromatic heterocycles. The van der Waals surface area contributed by atoms with Crippen LogP contribution in [0.15, 0.2) is 18.2 Å². The van der Waals surface area contributed by atoms with Gasteiger partial charge in [0.1, 0.15) is 0 Å².